The van der Waals surface area contributed by atoms with Crippen molar-refractivity contribution in [3.05, 3.63) is 35.7 Å². The van der Waals surface area contributed by atoms with Crippen molar-refractivity contribution in [2.45, 2.75) is 51.7 Å². The Morgan fingerprint density at radius 1 is 1.26 bits per heavy atom. The van der Waals surface area contributed by atoms with Crippen LogP contribution in [0.25, 0.3) is 16.6 Å². The molecule has 0 radical (unpaired) electrons. The standard InChI is InChI=1S/C23H29FN8O2/c1-13-17(11-31(28-13)12-23(2,3)33)30-7-5-6-14(10-30)20-27-21-16-8-15(24)9-18(34-4)19(16)26-22(25)32(21)29-20/h8-9,11,14,33H,5-7,10,12H2,1-4H3,(H2,25,26)/t14-/m1/s1. The van der Waals surface area contributed by atoms with Crippen molar-refractivity contribution in [2.24, 2.45) is 0 Å². The Morgan fingerprint density at radius 3 is 2.79 bits per heavy atom. The van der Waals surface area contributed by atoms with Gasteiger partial charge in [0, 0.05) is 31.3 Å². The van der Waals surface area contributed by atoms with Gasteiger partial charge in [-0.1, -0.05) is 0 Å². The van der Waals surface area contributed by atoms with Crippen LogP contribution in [-0.2, 0) is 6.54 Å². The number of halogens is 1. The molecule has 1 aliphatic heterocycles. The van der Waals surface area contributed by atoms with Gasteiger partial charge in [0.05, 0.1) is 36.0 Å². The molecule has 1 fully saturated rings. The fraction of sp³-hybridized carbons (Fsp3) is 0.478. The number of methoxy groups -OCH3 is 1. The van der Waals surface area contributed by atoms with Gasteiger partial charge in [0.2, 0.25) is 5.95 Å². The number of hydrogen-bond acceptors (Lipinski definition) is 8. The number of nitrogens with two attached hydrogens (primary N) is 1. The van der Waals surface area contributed by atoms with Gasteiger partial charge in [0.15, 0.2) is 11.5 Å². The number of aryl methyl sites for hydroxylation is 1. The summed E-state index contributed by atoms with van der Waals surface area (Å²) in [6.07, 6.45) is 3.87. The lowest BCUT2D eigenvalue weighted by molar-refractivity contribution is 0.0577. The lowest BCUT2D eigenvalue weighted by Gasteiger charge is -2.32. The van der Waals surface area contributed by atoms with Crippen LogP contribution < -0.4 is 15.4 Å². The van der Waals surface area contributed by atoms with E-state index >= 15 is 0 Å². The van der Waals surface area contributed by atoms with E-state index in [2.05, 4.69) is 20.1 Å². The number of aromatic nitrogens is 6. The average Bonchev–Trinajstić information content (AvgIpc) is 3.37. The summed E-state index contributed by atoms with van der Waals surface area (Å²) in [4.78, 5) is 11.4. The average molecular weight is 469 g/mol. The molecule has 1 aliphatic rings. The summed E-state index contributed by atoms with van der Waals surface area (Å²) in [5, 5.41) is 19.9. The molecule has 0 amide bonds. The van der Waals surface area contributed by atoms with Crippen LogP contribution in [-0.4, -0.2) is 60.3 Å². The second-order valence-electron chi connectivity index (χ2n) is 9.57. The largest absolute Gasteiger partial charge is 0.494 e. The van der Waals surface area contributed by atoms with Gasteiger partial charge in [-0.15, -0.1) is 5.10 Å². The smallest absolute Gasteiger partial charge is 0.223 e. The summed E-state index contributed by atoms with van der Waals surface area (Å²) >= 11 is 0. The SMILES string of the molecule is COc1cc(F)cc2c1nc(N)n1nc([C@@H]3CCCN(c4cn(CC(C)(C)O)nc4C)C3)nc21. The van der Waals surface area contributed by atoms with Crippen LogP contribution >= 0.6 is 0 Å². The highest BCUT2D eigenvalue weighted by atomic mass is 19.1. The molecule has 3 aromatic heterocycles. The number of fused-ring (bicyclic) bond motifs is 3. The van der Waals surface area contributed by atoms with Crippen LogP contribution in [0, 0.1) is 12.7 Å². The van der Waals surface area contributed by atoms with Crippen molar-refractivity contribution in [1.29, 1.82) is 0 Å². The quantitative estimate of drug-likeness (QED) is 0.459. The van der Waals surface area contributed by atoms with Gasteiger partial charge in [-0.2, -0.15) is 9.61 Å². The van der Waals surface area contributed by atoms with E-state index in [0.717, 1.165) is 37.3 Å². The maximum absolute atomic E-state index is 14.2. The maximum atomic E-state index is 14.2. The molecule has 4 heterocycles. The van der Waals surface area contributed by atoms with Crippen molar-refractivity contribution in [3.8, 4) is 5.75 Å². The maximum Gasteiger partial charge on any atom is 0.223 e. The predicted molar refractivity (Wildman–Crippen MR) is 127 cm³/mol. The number of ether oxygens (including phenoxy) is 1. The number of nitrogen functional groups attached to an aromatic ring is 1. The molecular weight excluding hydrogens is 439 g/mol. The van der Waals surface area contributed by atoms with Crippen LogP contribution in [0.5, 0.6) is 5.75 Å². The Kier molecular flexibility index (Phi) is 5.31. The Hall–Kier alpha value is -3.47. The molecule has 5 rings (SSSR count). The van der Waals surface area contributed by atoms with Gasteiger partial charge in [-0.25, -0.2) is 14.4 Å². The molecule has 10 nitrogen and oxygen atoms in total. The fourth-order valence-electron chi connectivity index (χ4n) is 4.71. The number of nitrogens with zero attached hydrogens (tertiary/aromatic N) is 7. The summed E-state index contributed by atoms with van der Waals surface area (Å²) in [5.41, 5.74) is 8.19. The zero-order chi connectivity index (χ0) is 24.2. The first-order chi connectivity index (χ1) is 16.1. The molecule has 0 spiro atoms. The molecule has 1 saturated heterocycles. The minimum atomic E-state index is -0.848. The second-order valence-corrected chi connectivity index (χ2v) is 9.57. The summed E-state index contributed by atoms with van der Waals surface area (Å²) in [6, 6.07) is 2.66. The van der Waals surface area contributed by atoms with E-state index in [-0.39, 0.29) is 11.9 Å². The minimum Gasteiger partial charge on any atom is -0.494 e. The Morgan fingerprint density at radius 2 is 2.06 bits per heavy atom. The Labute approximate surface area is 196 Å². The van der Waals surface area contributed by atoms with E-state index < -0.39 is 11.4 Å². The summed E-state index contributed by atoms with van der Waals surface area (Å²) in [6.45, 7) is 7.54. The molecule has 4 aromatic rings. The minimum absolute atomic E-state index is 0.0654. The van der Waals surface area contributed by atoms with E-state index in [1.54, 1.807) is 18.5 Å². The molecule has 1 aromatic carbocycles. The Balaban J connectivity index is 1.49. The second kappa shape index (κ2) is 8.08. The Bertz CT molecular complexity index is 1370. The third-order valence-electron chi connectivity index (χ3n) is 6.16. The van der Waals surface area contributed by atoms with E-state index in [1.807, 2.05) is 13.1 Å². The third-order valence-corrected chi connectivity index (χ3v) is 6.16. The lowest BCUT2D eigenvalue weighted by Crippen LogP contribution is -2.35. The molecule has 0 saturated carbocycles. The predicted octanol–water partition coefficient (Wildman–Crippen LogP) is 2.67. The number of benzene rings is 1. The van der Waals surface area contributed by atoms with E-state index in [0.29, 0.717) is 34.7 Å². The molecule has 34 heavy (non-hydrogen) atoms. The summed E-state index contributed by atoms with van der Waals surface area (Å²) < 4.78 is 22.8. The van der Waals surface area contributed by atoms with Gasteiger partial charge >= 0.3 is 0 Å². The van der Waals surface area contributed by atoms with Crippen molar-refractivity contribution in [2.75, 3.05) is 30.8 Å². The number of rotatable bonds is 5. The number of anilines is 2. The molecule has 0 unspecified atom stereocenters. The summed E-state index contributed by atoms with van der Waals surface area (Å²) in [7, 11) is 1.47. The van der Waals surface area contributed by atoms with Crippen LogP contribution in [0.4, 0.5) is 16.0 Å². The normalized spacial score (nSPS) is 17.1. The van der Waals surface area contributed by atoms with Crippen LogP contribution in [0.3, 0.4) is 0 Å². The first-order valence-corrected chi connectivity index (χ1v) is 11.3. The zero-order valence-electron chi connectivity index (χ0n) is 19.8. The fourth-order valence-corrected chi connectivity index (χ4v) is 4.71. The van der Waals surface area contributed by atoms with Gasteiger partial charge in [-0.3, -0.25) is 4.68 Å². The highest BCUT2D eigenvalue weighted by Gasteiger charge is 2.28. The van der Waals surface area contributed by atoms with Crippen molar-refractivity contribution in [3.63, 3.8) is 0 Å². The molecule has 0 bridgehead atoms. The number of hydrogen-bond donors (Lipinski definition) is 2. The molecule has 3 N–H and O–H groups in total. The van der Waals surface area contributed by atoms with Gasteiger partial charge in [0.1, 0.15) is 17.1 Å². The monoisotopic (exact) mass is 468 g/mol. The van der Waals surface area contributed by atoms with Crippen molar-refractivity contribution >= 4 is 28.2 Å². The summed E-state index contributed by atoms with van der Waals surface area (Å²) in [5.74, 6) is 0.745. The highest BCUT2D eigenvalue weighted by Crippen LogP contribution is 2.33. The first-order valence-electron chi connectivity index (χ1n) is 11.3. The van der Waals surface area contributed by atoms with Gasteiger partial charge in [-0.05, 0) is 39.7 Å². The highest BCUT2D eigenvalue weighted by molar-refractivity contribution is 5.95. The zero-order valence-corrected chi connectivity index (χ0v) is 19.8. The molecular formula is C23H29FN8O2. The molecule has 1 atom stereocenters. The molecule has 180 valence electrons. The van der Waals surface area contributed by atoms with Crippen LogP contribution in [0.15, 0.2) is 18.3 Å². The van der Waals surface area contributed by atoms with Crippen LogP contribution in [0.2, 0.25) is 0 Å². The van der Waals surface area contributed by atoms with E-state index in [9.17, 15) is 9.50 Å². The van der Waals surface area contributed by atoms with Crippen molar-refractivity contribution < 1.29 is 14.2 Å². The molecule has 0 aliphatic carbocycles. The topological polar surface area (TPSA) is 120 Å². The number of piperidine rings is 1. The van der Waals surface area contributed by atoms with Crippen molar-refractivity contribution in [1.82, 2.24) is 29.4 Å². The van der Waals surface area contributed by atoms with E-state index in [1.165, 1.54) is 23.8 Å². The number of aliphatic hydroxyl groups is 1. The first kappa shape index (κ1) is 22.3. The van der Waals surface area contributed by atoms with Gasteiger partial charge < -0.3 is 20.5 Å². The lowest BCUT2D eigenvalue weighted by atomic mass is 9.97. The third kappa shape index (κ3) is 4.00. The van der Waals surface area contributed by atoms with E-state index in [4.69, 9.17) is 15.5 Å². The molecule has 11 heteroatoms. The van der Waals surface area contributed by atoms with Crippen LogP contribution in [0.1, 0.15) is 44.1 Å². The van der Waals surface area contributed by atoms with Gasteiger partial charge in [0.25, 0.3) is 0 Å².